The highest BCUT2D eigenvalue weighted by atomic mass is 79.9. The molecule has 20 heavy (non-hydrogen) atoms. The summed E-state index contributed by atoms with van der Waals surface area (Å²) in [7, 11) is 1.67. The van der Waals surface area contributed by atoms with Crippen molar-refractivity contribution in [3.63, 3.8) is 0 Å². The second kappa shape index (κ2) is 7.06. The molecular weight excluding hydrogens is 349 g/mol. The molecule has 1 aromatic carbocycles. The van der Waals surface area contributed by atoms with Crippen molar-refractivity contribution < 1.29 is 9.13 Å². The van der Waals surface area contributed by atoms with E-state index < -0.39 is 5.82 Å². The predicted molar refractivity (Wildman–Crippen MR) is 81.1 cm³/mol. The molecule has 0 radical (unpaired) electrons. The number of ether oxygens (including phenoxy) is 1. The number of rotatable bonds is 6. The molecular formula is C13H14BrClFN3O. The first-order valence-corrected chi connectivity index (χ1v) is 7.20. The topological polar surface area (TPSA) is 39.1 Å². The van der Waals surface area contributed by atoms with E-state index >= 15 is 0 Å². The summed E-state index contributed by atoms with van der Waals surface area (Å²) >= 11 is 9.33. The molecule has 0 atom stereocenters. The molecule has 7 heteroatoms. The molecule has 1 aromatic heterocycles. The van der Waals surface area contributed by atoms with E-state index in [1.54, 1.807) is 13.3 Å². The smallest absolute Gasteiger partial charge is 0.207 e. The van der Waals surface area contributed by atoms with Gasteiger partial charge in [-0.15, -0.1) is 0 Å². The molecule has 4 nitrogen and oxygen atoms in total. The lowest BCUT2D eigenvalue weighted by Gasteiger charge is -2.12. The van der Waals surface area contributed by atoms with E-state index in [1.165, 1.54) is 12.1 Å². The normalized spacial score (nSPS) is 10.8. The molecule has 2 rings (SSSR count). The summed E-state index contributed by atoms with van der Waals surface area (Å²) in [5.41, 5.74) is 0.590. The lowest BCUT2D eigenvalue weighted by Crippen LogP contribution is -2.06. The number of anilines is 2. The lowest BCUT2D eigenvalue weighted by molar-refractivity contribution is 0.190. The molecule has 0 aliphatic rings. The molecule has 108 valence electrons. The predicted octanol–water partition coefficient (Wildman–Crippen LogP) is 4.22. The Kier molecular flexibility index (Phi) is 5.39. The first-order chi connectivity index (χ1) is 9.61. The van der Waals surface area contributed by atoms with Crippen LogP contribution in [-0.2, 0) is 11.3 Å². The van der Waals surface area contributed by atoms with Gasteiger partial charge in [0.2, 0.25) is 5.95 Å². The molecule has 0 bridgehead atoms. The van der Waals surface area contributed by atoms with Crippen molar-refractivity contribution in [2.75, 3.05) is 19.0 Å². The molecule has 0 saturated heterocycles. The van der Waals surface area contributed by atoms with E-state index in [0.29, 0.717) is 27.7 Å². The van der Waals surface area contributed by atoms with Crippen LogP contribution in [0.25, 0.3) is 0 Å². The quantitative estimate of drug-likeness (QED) is 0.782. The Balaban J connectivity index is 2.16. The minimum atomic E-state index is -0.393. The second-order valence-corrected chi connectivity index (χ2v) is 5.42. The number of benzene rings is 1. The number of halogens is 3. The van der Waals surface area contributed by atoms with Crippen molar-refractivity contribution in [2.45, 2.75) is 13.0 Å². The highest BCUT2D eigenvalue weighted by Crippen LogP contribution is 2.33. The number of hydrogen-bond acceptors (Lipinski definition) is 3. The fourth-order valence-corrected chi connectivity index (χ4v) is 2.67. The first kappa shape index (κ1) is 15.3. The van der Waals surface area contributed by atoms with Gasteiger partial charge in [0.05, 0.1) is 10.7 Å². The Morgan fingerprint density at radius 3 is 3.00 bits per heavy atom. The monoisotopic (exact) mass is 361 g/mol. The van der Waals surface area contributed by atoms with Gasteiger partial charge in [0, 0.05) is 37.1 Å². The van der Waals surface area contributed by atoms with E-state index in [1.807, 2.05) is 10.8 Å². The number of nitrogens with one attached hydrogen (secondary N) is 1. The molecule has 0 aliphatic heterocycles. The molecule has 0 fully saturated rings. The van der Waals surface area contributed by atoms with Gasteiger partial charge in [-0.05, 0) is 34.5 Å². The lowest BCUT2D eigenvalue weighted by atomic mass is 10.3. The van der Waals surface area contributed by atoms with Crippen LogP contribution >= 0.6 is 27.5 Å². The third-order valence-electron chi connectivity index (χ3n) is 2.71. The van der Waals surface area contributed by atoms with Crippen LogP contribution in [0.4, 0.5) is 16.0 Å². The maximum absolute atomic E-state index is 13.2. The highest BCUT2D eigenvalue weighted by Gasteiger charge is 2.11. The van der Waals surface area contributed by atoms with Gasteiger partial charge >= 0.3 is 0 Å². The van der Waals surface area contributed by atoms with Crippen molar-refractivity contribution in [3.8, 4) is 0 Å². The maximum Gasteiger partial charge on any atom is 0.207 e. The zero-order valence-corrected chi connectivity index (χ0v) is 13.2. The van der Waals surface area contributed by atoms with E-state index in [9.17, 15) is 4.39 Å². The Labute approximate surface area is 130 Å². The Morgan fingerprint density at radius 2 is 2.30 bits per heavy atom. The van der Waals surface area contributed by atoms with Crippen LogP contribution in [0.15, 0.2) is 29.0 Å². The number of methoxy groups -OCH3 is 1. The summed E-state index contributed by atoms with van der Waals surface area (Å²) in [4.78, 5) is 4.23. The number of hydrogen-bond donors (Lipinski definition) is 1. The Hall–Kier alpha value is -1.11. The van der Waals surface area contributed by atoms with Crippen LogP contribution in [-0.4, -0.2) is 23.3 Å². The highest BCUT2D eigenvalue weighted by molar-refractivity contribution is 9.10. The van der Waals surface area contributed by atoms with Crippen LogP contribution in [0.1, 0.15) is 6.42 Å². The largest absolute Gasteiger partial charge is 0.385 e. The van der Waals surface area contributed by atoms with E-state index in [4.69, 9.17) is 16.3 Å². The summed E-state index contributed by atoms with van der Waals surface area (Å²) in [5, 5.41) is 3.40. The summed E-state index contributed by atoms with van der Waals surface area (Å²) in [6, 6.07) is 2.61. The van der Waals surface area contributed by atoms with Crippen LogP contribution < -0.4 is 5.32 Å². The number of aryl methyl sites for hydroxylation is 1. The van der Waals surface area contributed by atoms with Crippen molar-refractivity contribution in [1.82, 2.24) is 9.55 Å². The maximum atomic E-state index is 13.2. The molecule has 0 unspecified atom stereocenters. The summed E-state index contributed by atoms with van der Waals surface area (Å²) in [6.45, 7) is 1.45. The van der Waals surface area contributed by atoms with Crippen LogP contribution in [0, 0.1) is 5.82 Å². The van der Waals surface area contributed by atoms with Gasteiger partial charge in [-0.2, -0.15) is 0 Å². The van der Waals surface area contributed by atoms with Gasteiger partial charge in [-0.25, -0.2) is 9.37 Å². The molecule has 2 aromatic rings. The SMILES string of the molecule is COCCCn1ccnc1Nc1c(Cl)cc(F)cc1Br. The summed E-state index contributed by atoms with van der Waals surface area (Å²) < 4.78 is 20.7. The molecule has 1 heterocycles. The number of imidazole rings is 1. The van der Waals surface area contributed by atoms with Gasteiger partial charge in [0.25, 0.3) is 0 Å². The van der Waals surface area contributed by atoms with Crippen LogP contribution in [0.5, 0.6) is 0 Å². The Morgan fingerprint density at radius 1 is 1.50 bits per heavy atom. The van der Waals surface area contributed by atoms with Crippen molar-refractivity contribution >= 4 is 39.2 Å². The standard InChI is InChI=1S/C13H14BrClFN3O/c1-20-6-2-4-19-5-3-17-13(19)18-12-10(14)7-9(16)8-11(12)15/h3,5,7-8H,2,4,6H2,1H3,(H,17,18). The second-order valence-electron chi connectivity index (χ2n) is 4.16. The average Bonchev–Trinajstić information content (AvgIpc) is 2.81. The van der Waals surface area contributed by atoms with E-state index in [2.05, 4.69) is 26.2 Å². The first-order valence-electron chi connectivity index (χ1n) is 6.03. The third kappa shape index (κ3) is 3.71. The molecule has 0 spiro atoms. The van der Waals surface area contributed by atoms with Gasteiger partial charge < -0.3 is 14.6 Å². The number of nitrogens with zero attached hydrogens (tertiary/aromatic N) is 2. The van der Waals surface area contributed by atoms with Crippen molar-refractivity contribution in [2.24, 2.45) is 0 Å². The molecule has 0 aliphatic carbocycles. The minimum Gasteiger partial charge on any atom is -0.385 e. The fraction of sp³-hybridized carbons (Fsp3) is 0.308. The van der Waals surface area contributed by atoms with Gasteiger partial charge in [-0.1, -0.05) is 11.6 Å². The van der Waals surface area contributed by atoms with Crippen LogP contribution in [0.3, 0.4) is 0 Å². The molecule has 0 amide bonds. The number of aromatic nitrogens is 2. The van der Waals surface area contributed by atoms with Crippen LogP contribution in [0.2, 0.25) is 5.02 Å². The summed E-state index contributed by atoms with van der Waals surface area (Å²) in [6.07, 6.45) is 4.43. The average molecular weight is 363 g/mol. The van der Waals surface area contributed by atoms with Gasteiger partial charge in [0.1, 0.15) is 5.82 Å². The zero-order valence-electron chi connectivity index (χ0n) is 10.9. The third-order valence-corrected chi connectivity index (χ3v) is 3.63. The fourth-order valence-electron chi connectivity index (χ4n) is 1.77. The van der Waals surface area contributed by atoms with Crippen molar-refractivity contribution in [3.05, 3.63) is 39.8 Å². The van der Waals surface area contributed by atoms with E-state index in [-0.39, 0.29) is 0 Å². The van der Waals surface area contributed by atoms with Crippen molar-refractivity contribution in [1.29, 1.82) is 0 Å². The van der Waals surface area contributed by atoms with E-state index in [0.717, 1.165) is 13.0 Å². The van der Waals surface area contributed by atoms with Gasteiger partial charge in [0.15, 0.2) is 0 Å². The summed E-state index contributed by atoms with van der Waals surface area (Å²) in [5.74, 6) is 0.256. The minimum absolute atomic E-state index is 0.295. The Bertz CT molecular complexity index is 568. The molecule has 0 saturated carbocycles. The van der Waals surface area contributed by atoms with Gasteiger partial charge in [-0.3, -0.25) is 0 Å². The zero-order chi connectivity index (χ0) is 14.5. The molecule has 1 N–H and O–H groups in total.